The molecular weight excluding hydrogens is 260 g/mol. The molecule has 0 heterocycles. The van der Waals surface area contributed by atoms with Gasteiger partial charge in [-0.15, -0.1) is 0 Å². The summed E-state index contributed by atoms with van der Waals surface area (Å²) in [5.41, 5.74) is 6.41. The van der Waals surface area contributed by atoms with Crippen molar-refractivity contribution in [2.24, 2.45) is 5.73 Å². The van der Waals surface area contributed by atoms with Gasteiger partial charge in [-0.1, -0.05) is 43.1 Å². The summed E-state index contributed by atoms with van der Waals surface area (Å²) in [6.07, 6.45) is 3.66. The Labute approximate surface area is 119 Å². The fraction of sp³-hybridized carbons (Fsp3) is 0.533. The number of hydrogen-bond acceptors (Lipinski definition) is 2. The Morgan fingerprint density at radius 1 is 1.42 bits per heavy atom. The molecule has 1 saturated carbocycles. The van der Waals surface area contributed by atoms with Gasteiger partial charge in [0.25, 0.3) is 0 Å². The van der Waals surface area contributed by atoms with Gasteiger partial charge in [0, 0.05) is 18.1 Å². The van der Waals surface area contributed by atoms with Gasteiger partial charge in [-0.25, -0.2) is 0 Å². The molecule has 1 aromatic carbocycles. The Hall–Kier alpha value is -1.06. The summed E-state index contributed by atoms with van der Waals surface area (Å²) in [6.45, 7) is 3.42. The van der Waals surface area contributed by atoms with Gasteiger partial charge in [-0.2, -0.15) is 0 Å². The Kier molecular flexibility index (Phi) is 4.48. The van der Waals surface area contributed by atoms with Crippen molar-refractivity contribution >= 4 is 17.5 Å². The number of halogens is 1. The van der Waals surface area contributed by atoms with Gasteiger partial charge >= 0.3 is 0 Å². The Morgan fingerprint density at radius 3 is 2.68 bits per heavy atom. The molecule has 3 nitrogen and oxygen atoms in total. The number of rotatable bonds is 6. The first kappa shape index (κ1) is 14.4. The molecule has 0 aromatic heterocycles. The molecule has 2 rings (SSSR count). The lowest BCUT2D eigenvalue weighted by atomic mass is 10.1. The highest BCUT2D eigenvalue weighted by Gasteiger charge is 2.48. The maximum absolute atomic E-state index is 12.4. The molecule has 1 aliphatic rings. The van der Waals surface area contributed by atoms with Crippen LogP contribution in [0.2, 0.25) is 5.02 Å². The molecule has 4 heteroatoms. The molecule has 0 bridgehead atoms. The van der Waals surface area contributed by atoms with E-state index >= 15 is 0 Å². The van der Waals surface area contributed by atoms with E-state index in [1.165, 1.54) is 0 Å². The minimum absolute atomic E-state index is 0.0702. The summed E-state index contributed by atoms with van der Waals surface area (Å²) in [4.78, 5) is 14.3. The smallest absolute Gasteiger partial charge is 0.242 e. The van der Waals surface area contributed by atoms with Gasteiger partial charge in [0.15, 0.2) is 0 Å². The van der Waals surface area contributed by atoms with Crippen molar-refractivity contribution in [3.63, 3.8) is 0 Å². The van der Waals surface area contributed by atoms with Crippen LogP contribution in [-0.4, -0.2) is 22.9 Å². The summed E-state index contributed by atoms with van der Waals surface area (Å²) in [5, 5.41) is 0.707. The fourth-order valence-corrected chi connectivity index (χ4v) is 2.29. The molecule has 0 spiro atoms. The lowest BCUT2D eigenvalue weighted by Crippen LogP contribution is -2.45. The minimum Gasteiger partial charge on any atom is -0.337 e. The molecule has 0 saturated heterocycles. The van der Waals surface area contributed by atoms with Crippen LogP contribution in [0, 0.1) is 0 Å². The molecule has 1 amide bonds. The third kappa shape index (κ3) is 3.48. The van der Waals surface area contributed by atoms with Crippen molar-refractivity contribution < 1.29 is 4.79 Å². The van der Waals surface area contributed by atoms with Crippen LogP contribution in [0.5, 0.6) is 0 Å². The third-order valence-corrected chi connectivity index (χ3v) is 3.97. The van der Waals surface area contributed by atoms with E-state index in [0.717, 1.165) is 37.8 Å². The number of carbonyl (C=O) groups is 1. The van der Waals surface area contributed by atoms with Crippen molar-refractivity contribution in [1.29, 1.82) is 0 Å². The van der Waals surface area contributed by atoms with E-state index in [4.69, 9.17) is 17.3 Å². The highest BCUT2D eigenvalue weighted by atomic mass is 35.5. The zero-order valence-corrected chi connectivity index (χ0v) is 12.1. The molecule has 19 heavy (non-hydrogen) atoms. The van der Waals surface area contributed by atoms with Crippen LogP contribution in [0.25, 0.3) is 0 Å². The average Bonchev–Trinajstić information content (AvgIpc) is 3.15. The van der Waals surface area contributed by atoms with Crippen LogP contribution in [0.4, 0.5) is 0 Å². The van der Waals surface area contributed by atoms with E-state index in [0.29, 0.717) is 11.6 Å². The second-order valence-corrected chi connectivity index (χ2v) is 5.74. The Morgan fingerprint density at radius 2 is 2.11 bits per heavy atom. The molecule has 1 fully saturated rings. The maximum Gasteiger partial charge on any atom is 0.242 e. The fourth-order valence-electron chi connectivity index (χ4n) is 2.10. The van der Waals surface area contributed by atoms with Gasteiger partial charge in [0.2, 0.25) is 5.91 Å². The van der Waals surface area contributed by atoms with Crippen molar-refractivity contribution in [2.45, 2.75) is 44.7 Å². The average molecular weight is 281 g/mol. The van der Waals surface area contributed by atoms with Gasteiger partial charge in [0.1, 0.15) is 0 Å². The molecule has 0 atom stereocenters. The van der Waals surface area contributed by atoms with E-state index in [-0.39, 0.29) is 5.91 Å². The highest BCUT2D eigenvalue weighted by Crippen LogP contribution is 2.35. The van der Waals surface area contributed by atoms with Crippen LogP contribution in [0.15, 0.2) is 24.3 Å². The van der Waals surface area contributed by atoms with Crippen LogP contribution >= 0.6 is 11.6 Å². The summed E-state index contributed by atoms with van der Waals surface area (Å²) in [5.74, 6) is 0.0702. The number of nitrogens with zero attached hydrogens (tertiary/aromatic N) is 1. The molecule has 2 N–H and O–H groups in total. The maximum atomic E-state index is 12.4. The monoisotopic (exact) mass is 280 g/mol. The summed E-state index contributed by atoms with van der Waals surface area (Å²) < 4.78 is 0. The first-order valence-corrected chi connectivity index (χ1v) is 7.26. The number of unbranched alkanes of at least 4 members (excludes halogenated alkanes) is 1. The summed E-state index contributed by atoms with van der Waals surface area (Å²) in [7, 11) is 0. The van der Waals surface area contributed by atoms with E-state index in [9.17, 15) is 4.79 Å². The van der Waals surface area contributed by atoms with E-state index in [1.807, 2.05) is 29.2 Å². The lowest BCUT2D eigenvalue weighted by Gasteiger charge is -2.26. The van der Waals surface area contributed by atoms with Crippen molar-refractivity contribution in [3.05, 3.63) is 34.9 Å². The van der Waals surface area contributed by atoms with E-state index in [2.05, 4.69) is 6.92 Å². The topological polar surface area (TPSA) is 46.3 Å². The molecule has 1 aromatic rings. The molecule has 104 valence electrons. The van der Waals surface area contributed by atoms with E-state index in [1.54, 1.807) is 0 Å². The zero-order chi connectivity index (χ0) is 13.9. The molecule has 0 aliphatic heterocycles. The highest BCUT2D eigenvalue weighted by molar-refractivity contribution is 6.31. The minimum atomic E-state index is -0.602. The standard InChI is InChI=1S/C15H21ClN2O/c1-2-3-10-18(14(19)15(17)8-9-15)11-12-6-4-5-7-13(12)16/h4-7H,2-3,8-11,17H2,1H3. The molecule has 0 radical (unpaired) electrons. The van der Waals surface area contributed by atoms with Gasteiger partial charge < -0.3 is 10.6 Å². The summed E-state index contributed by atoms with van der Waals surface area (Å²) >= 11 is 6.17. The third-order valence-electron chi connectivity index (χ3n) is 3.60. The predicted molar refractivity (Wildman–Crippen MR) is 77.9 cm³/mol. The predicted octanol–water partition coefficient (Wildman–Crippen LogP) is 2.96. The second kappa shape index (κ2) is 5.93. The second-order valence-electron chi connectivity index (χ2n) is 5.33. The number of nitrogens with two attached hydrogens (primary N) is 1. The number of benzene rings is 1. The largest absolute Gasteiger partial charge is 0.337 e. The van der Waals surface area contributed by atoms with Crippen molar-refractivity contribution in [3.8, 4) is 0 Å². The Bertz CT molecular complexity index is 457. The SMILES string of the molecule is CCCCN(Cc1ccccc1Cl)C(=O)C1(N)CC1. The quantitative estimate of drug-likeness (QED) is 0.871. The summed E-state index contributed by atoms with van der Waals surface area (Å²) in [6, 6.07) is 7.66. The first-order valence-electron chi connectivity index (χ1n) is 6.88. The van der Waals surface area contributed by atoms with Gasteiger partial charge in [-0.05, 0) is 30.9 Å². The van der Waals surface area contributed by atoms with E-state index < -0.39 is 5.54 Å². The zero-order valence-electron chi connectivity index (χ0n) is 11.4. The molecular formula is C15H21ClN2O. The number of amides is 1. The van der Waals surface area contributed by atoms with Crippen molar-refractivity contribution in [2.75, 3.05) is 6.54 Å². The van der Waals surface area contributed by atoms with Crippen molar-refractivity contribution in [1.82, 2.24) is 4.90 Å². The molecule has 1 aliphatic carbocycles. The van der Waals surface area contributed by atoms with Gasteiger partial charge in [0.05, 0.1) is 5.54 Å². The number of carbonyl (C=O) groups excluding carboxylic acids is 1. The van der Waals surface area contributed by atoms with Crippen LogP contribution < -0.4 is 5.73 Å². The Balaban J connectivity index is 2.09. The van der Waals surface area contributed by atoms with Gasteiger partial charge in [-0.3, -0.25) is 4.79 Å². The normalized spacial score (nSPS) is 16.2. The first-order chi connectivity index (χ1) is 9.07. The van der Waals surface area contributed by atoms with Crippen LogP contribution in [0.1, 0.15) is 38.2 Å². The lowest BCUT2D eigenvalue weighted by molar-refractivity contribution is -0.134. The van der Waals surface area contributed by atoms with Crippen LogP contribution in [-0.2, 0) is 11.3 Å². The number of hydrogen-bond donors (Lipinski definition) is 1. The van der Waals surface area contributed by atoms with Crippen LogP contribution in [0.3, 0.4) is 0 Å². The molecule has 0 unspecified atom stereocenters.